The van der Waals surface area contributed by atoms with Crippen LogP contribution in [0.15, 0.2) is 19.6 Å². The van der Waals surface area contributed by atoms with Crippen molar-refractivity contribution in [3.63, 3.8) is 0 Å². The molecule has 5 nitrogen and oxygen atoms in total. The first-order chi connectivity index (χ1) is 10.1. The zero-order valence-corrected chi connectivity index (χ0v) is 13.7. The number of carboxylic acid groups (broad SMARTS) is 1. The maximum Gasteiger partial charge on any atom is 0.303 e. The highest BCUT2D eigenvalue weighted by molar-refractivity contribution is 9.11. The second kappa shape index (κ2) is 5.88. The second-order valence-corrected chi connectivity index (χ2v) is 7.89. The van der Waals surface area contributed by atoms with Gasteiger partial charge in [-0.05, 0) is 40.3 Å². The van der Waals surface area contributed by atoms with Gasteiger partial charge in [0.2, 0.25) is 11.8 Å². The summed E-state index contributed by atoms with van der Waals surface area (Å²) in [5.41, 5.74) is 0.676. The van der Waals surface area contributed by atoms with Crippen LogP contribution in [0.5, 0.6) is 0 Å². The molecule has 1 aliphatic rings. The Morgan fingerprint density at radius 2 is 2.19 bits per heavy atom. The monoisotopic (exact) mass is 370 g/mol. The van der Waals surface area contributed by atoms with E-state index in [1.165, 1.54) is 0 Å². The highest BCUT2D eigenvalue weighted by atomic mass is 79.9. The van der Waals surface area contributed by atoms with Crippen LogP contribution in [0.2, 0.25) is 0 Å². The van der Waals surface area contributed by atoms with E-state index in [0.717, 1.165) is 35.0 Å². The average molecular weight is 371 g/mol. The van der Waals surface area contributed by atoms with Gasteiger partial charge >= 0.3 is 5.97 Å². The van der Waals surface area contributed by atoms with Crippen LogP contribution < -0.4 is 0 Å². The third-order valence-electron chi connectivity index (χ3n) is 4.00. The summed E-state index contributed by atoms with van der Waals surface area (Å²) in [5.74, 6) is 0.282. The molecular formula is C14H15BrN2O3S. The smallest absolute Gasteiger partial charge is 0.303 e. The Kier molecular flexibility index (Phi) is 4.12. The van der Waals surface area contributed by atoms with Crippen LogP contribution in [0.25, 0.3) is 11.5 Å². The van der Waals surface area contributed by atoms with E-state index < -0.39 is 5.97 Å². The Balaban J connectivity index is 1.78. The molecule has 0 unspecified atom stereocenters. The first kappa shape index (κ1) is 14.7. The third kappa shape index (κ3) is 3.35. The molecule has 0 spiro atoms. The molecule has 0 radical (unpaired) electrons. The maximum atomic E-state index is 11.1. The maximum absolute atomic E-state index is 11.1. The van der Waals surface area contributed by atoms with Crippen molar-refractivity contribution in [2.75, 3.05) is 0 Å². The number of hydrogen-bond donors (Lipinski definition) is 1. The number of thiophene rings is 1. The average Bonchev–Trinajstić information content (AvgIpc) is 3.11. The fourth-order valence-electron chi connectivity index (χ4n) is 3.05. The minimum atomic E-state index is -0.751. The Labute approximate surface area is 134 Å². The lowest BCUT2D eigenvalue weighted by Crippen LogP contribution is -2.23. The predicted octanol–water partition coefficient (Wildman–Crippen LogP) is 4.14. The number of hydrogen-bond acceptors (Lipinski definition) is 5. The van der Waals surface area contributed by atoms with Crippen LogP contribution in [0.3, 0.4) is 0 Å². The highest BCUT2D eigenvalue weighted by Crippen LogP contribution is 2.44. The van der Waals surface area contributed by atoms with E-state index in [9.17, 15) is 4.79 Å². The lowest BCUT2D eigenvalue weighted by atomic mass is 9.79. The predicted molar refractivity (Wildman–Crippen MR) is 82.2 cm³/mol. The van der Waals surface area contributed by atoms with Crippen molar-refractivity contribution in [2.45, 2.75) is 38.5 Å². The number of rotatable bonds is 5. The Bertz CT molecular complexity index is 646. The molecule has 1 N–H and O–H groups in total. The van der Waals surface area contributed by atoms with E-state index in [-0.39, 0.29) is 11.8 Å². The van der Waals surface area contributed by atoms with Gasteiger partial charge in [0, 0.05) is 11.8 Å². The topological polar surface area (TPSA) is 76.2 Å². The van der Waals surface area contributed by atoms with Crippen molar-refractivity contribution in [1.29, 1.82) is 0 Å². The molecular weight excluding hydrogens is 356 g/mol. The van der Waals surface area contributed by atoms with Gasteiger partial charge in [0.15, 0.2) is 0 Å². The fraction of sp³-hybridized carbons (Fsp3) is 0.500. The molecule has 3 rings (SSSR count). The van der Waals surface area contributed by atoms with Gasteiger partial charge in [-0.3, -0.25) is 4.79 Å². The molecule has 0 aliphatic heterocycles. The van der Waals surface area contributed by atoms with E-state index in [1.54, 1.807) is 11.3 Å². The summed E-state index contributed by atoms with van der Waals surface area (Å²) in [4.78, 5) is 11.1. The standard InChI is InChI=1S/C14H15BrN2O3S/c15-10-5-9(8-21-10)13-17-16-11(20-13)6-14(7-12(18)19)3-1-2-4-14/h5,8H,1-4,6-7H2,(H,18,19). The number of aromatic nitrogens is 2. The van der Waals surface area contributed by atoms with Gasteiger partial charge in [0.25, 0.3) is 0 Å². The normalized spacial score (nSPS) is 17.2. The lowest BCUT2D eigenvalue weighted by molar-refractivity contribution is -0.139. The van der Waals surface area contributed by atoms with Crippen LogP contribution in [0, 0.1) is 5.41 Å². The molecule has 0 atom stereocenters. The Morgan fingerprint density at radius 3 is 2.81 bits per heavy atom. The molecule has 2 aromatic heterocycles. The van der Waals surface area contributed by atoms with E-state index in [1.807, 2.05) is 11.4 Å². The van der Waals surface area contributed by atoms with Gasteiger partial charge < -0.3 is 9.52 Å². The minimum absolute atomic E-state index is 0.175. The zero-order chi connectivity index (χ0) is 14.9. The molecule has 1 aliphatic carbocycles. The molecule has 7 heteroatoms. The fourth-order valence-corrected chi connectivity index (χ4v) is 4.18. The van der Waals surface area contributed by atoms with Crippen molar-refractivity contribution < 1.29 is 14.3 Å². The molecule has 1 saturated carbocycles. The number of carboxylic acids is 1. The summed E-state index contributed by atoms with van der Waals surface area (Å²) >= 11 is 4.97. The Hall–Kier alpha value is -1.21. The van der Waals surface area contributed by atoms with Crippen LogP contribution >= 0.6 is 27.3 Å². The molecule has 2 aromatic rings. The first-order valence-electron chi connectivity index (χ1n) is 6.85. The van der Waals surface area contributed by atoms with Crippen molar-refractivity contribution in [3.8, 4) is 11.5 Å². The van der Waals surface area contributed by atoms with Gasteiger partial charge in [-0.2, -0.15) is 0 Å². The molecule has 0 amide bonds. The van der Waals surface area contributed by atoms with Crippen molar-refractivity contribution in [2.24, 2.45) is 5.41 Å². The second-order valence-electron chi connectivity index (χ2n) is 5.59. The molecule has 0 bridgehead atoms. The van der Waals surface area contributed by atoms with Crippen molar-refractivity contribution in [1.82, 2.24) is 10.2 Å². The number of nitrogens with zero attached hydrogens (tertiary/aromatic N) is 2. The third-order valence-corrected chi connectivity index (χ3v) is 5.50. The lowest BCUT2D eigenvalue weighted by Gasteiger charge is -2.24. The van der Waals surface area contributed by atoms with Crippen LogP contribution in [0.1, 0.15) is 38.0 Å². The van der Waals surface area contributed by atoms with Crippen LogP contribution in [0.4, 0.5) is 0 Å². The molecule has 21 heavy (non-hydrogen) atoms. The van der Waals surface area contributed by atoms with Crippen molar-refractivity contribution >= 4 is 33.2 Å². The summed E-state index contributed by atoms with van der Waals surface area (Å²) in [7, 11) is 0. The van der Waals surface area contributed by atoms with Gasteiger partial charge in [-0.15, -0.1) is 21.5 Å². The molecule has 1 fully saturated rings. The summed E-state index contributed by atoms with van der Waals surface area (Å²) in [6, 6.07) is 1.94. The number of carbonyl (C=O) groups is 1. The van der Waals surface area contributed by atoms with Crippen LogP contribution in [-0.4, -0.2) is 21.3 Å². The molecule has 112 valence electrons. The van der Waals surface area contributed by atoms with Gasteiger partial charge in [0.05, 0.1) is 15.8 Å². The molecule has 0 aromatic carbocycles. The Morgan fingerprint density at radius 1 is 1.43 bits per heavy atom. The van der Waals surface area contributed by atoms with E-state index in [0.29, 0.717) is 18.2 Å². The number of aliphatic carboxylic acids is 1. The van der Waals surface area contributed by atoms with E-state index in [4.69, 9.17) is 9.52 Å². The van der Waals surface area contributed by atoms with E-state index in [2.05, 4.69) is 26.1 Å². The quantitative estimate of drug-likeness (QED) is 0.855. The first-order valence-corrected chi connectivity index (χ1v) is 8.52. The summed E-state index contributed by atoms with van der Waals surface area (Å²) in [5, 5.41) is 19.3. The molecule has 2 heterocycles. The van der Waals surface area contributed by atoms with Gasteiger partial charge in [0.1, 0.15) is 0 Å². The zero-order valence-electron chi connectivity index (χ0n) is 11.3. The van der Waals surface area contributed by atoms with Crippen molar-refractivity contribution in [3.05, 3.63) is 21.1 Å². The van der Waals surface area contributed by atoms with E-state index >= 15 is 0 Å². The summed E-state index contributed by atoms with van der Waals surface area (Å²) in [6.45, 7) is 0. The number of halogens is 1. The van der Waals surface area contributed by atoms with Gasteiger partial charge in [-0.25, -0.2) is 0 Å². The summed E-state index contributed by atoms with van der Waals surface area (Å²) in [6.07, 6.45) is 4.71. The largest absolute Gasteiger partial charge is 0.481 e. The van der Waals surface area contributed by atoms with Crippen LogP contribution in [-0.2, 0) is 11.2 Å². The highest BCUT2D eigenvalue weighted by Gasteiger charge is 2.37. The molecule has 0 saturated heterocycles. The minimum Gasteiger partial charge on any atom is -0.481 e. The summed E-state index contributed by atoms with van der Waals surface area (Å²) < 4.78 is 6.73. The van der Waals surface area contributed by atoms with Gasteiger partial charge in [-0.1, -0.05) is 12.8 Å². The SMILES string of the molecule is O=C(O)CC1(Cc2nnc(-c3csc(Br)c3)o2)CCCC1.